The van der Waals surface area contributed by atoms with E-state index in [0.29, 0.717) is 30.1 Å². The van der Waals surface area contributed by atoms with Crippen molar-refractivity contribution in [2.45, 2.75) is 114 Å². The van der Waals surface area contributed by atoms with E-state index in [4.69, 9.17) is 10.5 Å². The number of hydrogen-bond donors (Lipinski definition) is 5. The number of likely N-dealkylation sites (N-methyl/N-ethyl adjacent to an activating group) is 1. The van der Waals surface area contributed by atoms with Crippen LogP contribution in [0.5, 0.6) is 0 Å². The van der Waals surface area contributed by atoms with Gasteiger partial charge in [-0.25, -0.2) is 0 Å². The van der Waals surface area contributed by atoms with Crippen molar-refractivity contribution in [1.29, 1.82) is 5.41 Å². The molecule has 2 unspecified atom stereocenters. The summed E-state index contributed by atoms with van der Waals surface area (Å²) in [6.07, 6.45) is 5.65. The van der Waals surface area contributed by atoms with Crippen LogP contribution in [-0.2, 0) is 0 Å². The number of aliphatic hydroxyl groups excluding tert-OH is 1. The minimum atomic E-state index is -2.21. The van der Waals surface area contributed by atoms with Crippen molar-refractivity contribution in [1.82, 2.24) is 15.1 Å². The fourth-order valence-electron chi connectivity index (χ4n) is 3.08. The van der Waals surface area contributed by atoms with Crippen LogP contribution in [0.4, 0.5) is 0 Å². The third kappa shape index (κ3) is 26.1. The number of hydrogen-bond acceptors (Lipinski definition) is 7. The van der Waals surface area contributed by atoms with Gasteiger partial charge < -0.3 is 35.8 Å². The Kier molecular flexibility index (Phi) is 35.6. The summed E-state index contributed by atoms with van der Waals surface area (Å²) in [6, 6.07) is 0. The van der Waals surface area contributed by atoms with E-state index < -0.39 is 5.91 Å². The SMILES string of the molecule is C=CC(=C)C(O)(O)N(C)C(=C)NCC(C)C(C)CCN(CCC)C(=C)CC(C)C.CC.CC.CC(C)O.CC=N. The van der Waals surface area contributed by atoms with Gasteiger partial charge in [0, 0.05) is 44.1 Å². The molecule has 0 saturated carbocycles. The van der Waals surface area contributed by atoms with Crippen LogP contribution < -0.4 is 5.32 Å². The van der Waals surface area contributed by atoms with Gasteiger partial charge >= 0.3 is 0 Å². The van der Waals surface area contributed by atoms with Crippen LogP contribution >= 0.6 is 0 Å². The summed E-state index contributed by atoms with van der Waals surface area (Å²) in [7, 11) is 1.56. The van der Waals surface area contributed by atoms with Crippen molar-refractivity contribution in [3.63, 3.8) is 0 Å². The molecule has 0 rings (SSSR count). The van der Waals surface area contributed by atoms with E-state index in [1.54, 1.807) is 27.8 Å². The maximum Gasteiger partial charge on any atom is 0.275 e. The molecule has 240 valence electrons. The summed E-state index contributed by atoms with van der Waals surface area (Å²) in [4.78, 5) is 3.68. The third-order valence-electron chi connectivity index (χ3n) is 5.59. The molecule has 0 aromatic heterocycles. The highest BCUT2D eigenvalue weighted by Gasteiger charge is 2.32. The van der Waals surface area contributed by atoms with Crippen LogP contribution in [0.1, 0.15) is 102 Å². The highest BCUT2D eigenvalue weighted by molar-refractivity contribution is 5.48. The Labute approximate surface area is 250 Å². The molecule has 0 radical (unpaired) electrons. The van der Waals surface area contributed by atoms with E-state index >= 15 is 0 Å². The van der Waals surface area contributed by atoms with Crippen LogP contribution in [0.3, 0.4) is 0 Å². The molecule has 0 aromatic carbocycles. The third-order valence-corrected chi connectivity index (χ3v) is 5.59. The molecule has 2 atom stereocenters. The first-order chi connectivity index (χ1) is 18.5. The zero-order valence-corrected chi connectivity index (χ0v) is 28.8. The quantitative estimate of drug-likeness (QED) is 0.0753. The standard InChI is InChI=1S/C24H45N3O2.C3H8O.C2H5N.2C2H6/c1-11-14-27(22(8)16-18(3)4)15-13-19(5)20(6)17-25-23(9)26(10)24(28,29)21(7)12-2;1-3(2)4;1-2-3;2*1-2/h12,18-20,25,28-29H,2,7-9,11,13-17H2,1,3-6,10H3;3-4H,1-2H3;2-3H,1H3;2*1-2H3. The lowest BCUT2D eigenvalue weighted by Crippen LogP contribution is -2.49. The van der Waals surface area contributed by atoms with Crippen LogP contribution in [0, 0.1) is 23.2 Å². The summed E-state index contributed by atoms with van der Waals surface area (Å²) < 4.78 is 0. The molecule has 40 heavy (non-hydrogen) atoms. The maximum absolute atomic E-state index is 10.2. The van der Waals surface area contributed by atoms with E-state index in [0.717, 1.165) is 32.4 Å². The molecule has 0 spiro atoms. The van der Waals surface area contributed by atoms with Crippen molar-refractivity contribution in [2.24, 2.45) is 17.8 Å². The topological polar surface area (TPSA) is 103 Å². The summed E-state index contributed by atoms with van der Waals surface area (Å²) in [5, 5.41) is 37.8. The van der Waals surface area contributed by atoms with E-state index in [1.165, 1.54) is 22.9 Å². The molecule has 0 bridgehead atoms. The second kappa shape index (κ2) is 29.9. The average molecular weight is 571 g/mol. The predicted octanol–water partition coefficient (Wildman–Crippen LogP) is 7.39. The van der Waals surface area contributed by atoms with Crippen LogP contribution in [0.2, 0.25) is 0 Å². The highest BCUT2D eigenvalue weighted by Crippen LogP contribution is 2.22. The zero-order valence-electron chi connectivity index (χ0n) is 28.8. The second-order valence-electron chi connectivity index (χ2n) is 10.0. The largest absolute Gasteiger partial charge is 0.394 e. The Bertz CT molecular complexity index is 643. The predicted molar refractivity (Wildman–Crippen MR) is 179 cm³/mol. The minimum Gasteiger partial charge on any atom is -0.394 e. The molecule has 0 saturated heterocycles. The molecule has 7 nitrogen and oxygen atoms in total. The number of allylic oxidation sites excluding steroid dienone is 1. The first kappa shape index (κ1) is 47.7. The van der Waals surface area contributed by atoms with Gasteiger partial charge in [0.25, 0.3) is 5.91 Å². The monoisotopic (exact) mass is 571 g/mol. The van der Waals surface area contributed by atoms with E-state index in [2.05, 4.69) is 71.2 Å². The van der Waals surface area contributed by atoms with E-state index in [1.807, 2.05) is 27.7 Å². The molecule has 0 aliphatic carbocycles. The molecule has 0 fully saturated rings. The van der Waals surface area contributed by atoms with Gasteiger partial charge in [-0.05, 0) is 64.0 Å². The van der Waals surface area contributed by atoms with Crippen molar-refractivity contribution in [3.05, 3.63) is 49.5 Å². The Morgan fingerprint density at radius 2 is 1.38 bits per heavy atom. The van der Waals surface area contributed by atoms with Gasteiger partial charge in [0.2, 0.25) is 0 Å². The molecular weight excluding hydrogens is 500 g/mol. The molecule has 0 aliphatic rings. The molecule has 7 heteroatoms. The molecular formula is C33H70N4O3. The normalized spacial score (nSPS) is 11.3. The molecule has 0 amide bonds. The van der Waals surface area contributed by atoms with Gasteiger partial charge in [0.05, 0.1) is 5.82 Å². The average Bonchev–Trinajstić information content (AvgIpc) is 2.90. The van der Waals surface area contributed by atoms with Gasteiger partial charge in [-0.1, -0.05) is 94.7 Å². The maximum atomic E-state index is 10.2. The van der Waals surface area contributed by atoms with Crippen molar-refractivity contribution >= 4 is 6.21 Å². The number of nitrogens with zero attached hydrogens (tertiary/aromatic N) is 2. The van der Waals surface area contributed by atoms with Gasteiger partial charge in [-0.15, -0.1) is 0 Å². The van der Waals surface area contributed by atoms with E-state index in [-0.39, 0.29) is 11.7 Å². The van der Waals surface area contributed by atoms with Crippen molar-refractivity contribution < 1.29 is 15.3 Å². The zero-order chi connectivity index (χ0) is 33.1. The lowest BCUT2D eigenvalue weighted by molar-refractivity contribution is -0.213. The Morgan fingerprint density at radius 1 is 0.950 bits per heavy atom. The summed E-state index contributed by atoms with van der Waals surface area (Å²) in [5.74, 6) is -0.264. The second-order valence-corrected chi connectivity index (χ2v) is 10.0. The molecule has 0 aliphatic heterocycles. The number of aliphatic hydroxyl groups is 3. The first-order valence-electron chi connectivity index (χ1n) is 15.0. The minimum absolute atomic E-state index is 0.0991. The number of rotatable bonds is 16. The fourth-order valence-corrected chi connectivity index (χ4v) is 3.08. The smallest absolute Gasteiger partial charge is 0.275 e. The van der Waals surface area contributed by atoms with Gasteiger partial charge in [0.15, 0.2) is 0 Å². The first-order valence-corrected chi connectivity index (χ1v) is 15.0. The summed E-state index contributed by atoms with van der Waals surface area (Å²) >= 11 is 0. The fraction of sp³-hybridized carbons (Fsp3) is 0.727. The Balaban J connectivity index is -0.000000319. The lowest BCUT2D eigenvalue weighted by atomic mass is 9.92. The number of nitrogens with one attached hydrogen (secondary N) is 2. The van der Waals surface area contributed by atoms with Crippen LogP contribution in [-0.4, -0.2) is 70.0 Å². The molecule has 5 N–H and O–H groups in total. The lowest BCUT2D eigenvalue weighted by Gasteiger charge is -2.36. The molecule has 0 aromatic rings. The highest BCUT2D eigenvalue weighted by atomic mass is 16.5. The van der Waals surface area contributed by atoms with E-state index in [9.17, 15) is 10.2 Å². The van der Waals surface area contributed by atoms with Gasteiger partial charge in [-0.2, -0.15) is 0 Å². The summed E-state index contributed by atoms with van der Waals surface area (Å²) in [5.41, 5.74) is 1.33. The molecule has 0 heterocycles. The van der Waals surface area contributed by atoms with Gasteiger partial charge in [0.1, 0.15) is 0 Å². The Morgan fingerprint density at radius 3 is 1.73 bits per heavy atom. The van der Waals surface area contributed by atoms with Crippen LogP contribution in [0.25, 0.3) is 0 Å². The van der Waals surface area contributed by atoms with Crippen LogP contribution in [0.15, 0.2) is 49.5 Å². The Hall–Kier alpha value is -2.09. The van der Waals surface area contributed by atoms with Crippen molar-refractivity contribution in [3.8, 4) is 0 Å². The van der Waals surface area contributed by atoms with Gasteiger partial charge in [-0.3, -0.25) is 0 Å². The summed E-state index contributed by atoms with van der Waals surface area (Å²) in [6.45, 7) is 42.4. The van der Waals surface area contributed by atoms with Crippen molar-refractivity contribution in [2.75, 3.05) is 26.7 Å².